The summed E-state index contributed by atoms with van der Waals surface area (Å²) in [5.74, 6) is -1.09. The molecule has 4 aromatic rings. The van der Waals surface area contributed by atoms with Gasteiger partial charge in [-0.15, -0.1) is 0 Å². The van der Waals surface area contributed by atoms with Crippen molar-refractivity contribution in [1.82, 2.24) is 15.0 Å². The SMILES string of the molecule is C[C@H](OC(=O)c1cc2ccccc2[nH]1)C(=O)Nc1ccc2[nH]c(=O)[nH]c2c1. The summed E-state index contributed by atoms with van der Waals surface area (Å²) in [6, 6.07) is 14.1. The van der Waals surface area contributed by atoms with Gasteiger partial charge in [0.2, 0.25) is 0 Å². The number of carbonyl (C=O) groups excluding carboxylic acids is 2. The maximum absolute atomic E-state index is 12.3. The van der Waals surface area contributed by atoms with E-state index in [0.717, 1.165) is 10.9 Å². The zero-order valence-electron chi connectivity index (χ0n) is 14.3. The second-order valence-electron chi connectivity index (χ2n) is 6.15. The second-order valence-corrected chi connectivity index (χ2v) is 6.15. The number of carbonyl (C=O) groups is 2. The Balaban J connectivity index is 1.44. The number of nitrogens with one attached hydrogen (secondary N) is 4. The highest BCUT2D eigenvalue weighted by molar-refractivity contribution is 5.99. The van der Waals surface area contributed by atoms with Crippen molar-refractivity contribution in [2.45, 2.75) is 13.0 Å². The van der Waals surface area contributed by atoms with Gasteiger partial charge in [0.15, 0.2) is 6.10 Å². The fraction of sp³-hybridized carbons (Fsp3) is 0.105. The molecular formula is C19H16N4O4. The van der Waals surface area contributed by atoms with Crippen LogP contribution in [0.4, 0.5) is 5.69 Å². The number of H-pyrrole nitrogens is 3. The van der Waals surface area contributed by atoms with Crippen LogP contribution in [0.15, 0.2) is 53.3 Å². The number of hydrogen-bond acceptors (Lipinski definition) is 4. The third-order valence-corrected chi connectivity index (χ3v) is 4.19. The molecule has 2 heterocycles. The summed E-state index contributed by atoms with van der Waals surface area (Å²) in [5.41, 5.74) is 2.46. The first-order valence-corrected chi connectivity index (χ1v) is 8.31. The Hall–Kier alpha value is -3.81. The van der Waals surface area contributed by atoms with Crippen LogP contribution >= 0.6 is 0 Å². The van der Waals surface area contributed by atoms with Crippen LogP contribution in [0.5, 0.6) is 0 Å². The minimum absolute atomic E-state index is 0.280. The molecule has 8 heteroatoms. The highest BCUT2D eigenvalue weighted by Gasteiger charge is 2.20. The summed E-state index contributed by atoms with van der Waals surface area (Å²) in [5, 5.41) is 3.55. The van der Waals surface area contributed by atoms with Crippen molar-refractivity contribution in [3.05, 3.63) is 64.7 Å². The Morgan fingerprint density at radius 1 is 0.963 bits per heavy atom. The Labute approximate surface area is 152 Å². The van der Waals surface area contributed by atoms with E-state index < -0.39 is 18.0 Å². The minimum atomic E-state index is -0.995. The van der Waals surface area contributed by atoms with Gasteiger partial charge < -0.3 is 25.0 Å². The topological polar surface area (TPSA) is 120 Å². The van der Waals surface area contributed by atoms with Crippen molar-refractivity contribution in [1.29, 1.82) is 0 Å². The number of ether oxygens (including phenoxy) is 1. The fourth-order valence-electron chi connectivity index (χ4n) is 2.82. The standard InChI is InChI=1S/C19H16N4O4/c1-10(27-18(25)16-8-11-4-2-3-5-13(11)21-16)17(24)20-12-6-7-14-15(9-12)23-19(26)22-14/h2-10,21H,1H3,(H,20,24)(H2,22,23,26)/t10-/m0/s1. The molecule has 0 fully saturated rings. The van der Waals surface area contributed by atoms with Gasteiger partial charge in [-0.3, -0.25) is 4.79 Å². The normalized spacial score (nSPS) is 12.2. The summed E-state index contributed by atoms with van der Waals surface area (Å²) < 4.78 is 5.25. The highest BCUT2D eigenvalue weighted by Crippen LogP contribution is 2.17. The van der Waals surface area contributed by atoms with Gasteiger partial charge in [0.25, 0.3) is 5.91 Å². The predicted octanol–water partition coefficient (Wildman–Crippen LogP) is 2.52. The maximum atomic E-state index is 12.3. The van der Waals surface area contributed by atoms with E-state index in [1.807, 2.05) is 24.3 Å². The number of aromatic nitrogens is 3. The summed E-state index contributed by atoms with van der Waals surface area (Å²) >= 11 is 0. The first kappa shape index (κ1) is 16.6. The van der Waals surface area contributed by atoms with Crippen LogP contribution in [-0.4, -0.2) is 32.9 Å². The van der Waals surface area contributed by atoms with E-state index in [9.17, 15) is 14.4 Å². The number of anilines is 1. The predicted molar refractivity (Wildman–Crippen MR) is 101 cm³/mol. The molecule has 0 bridgehead atoms. The quantitative estimate of drug-likeness (QED) is 0.416. The lowest BCUT2D eigenvalue weighted by molar-refractivity contribution is -0.123. The molecule has 0 unspecified atom stereocenters. The molecule has 0 aliphatic carbocycles. The molecule has 0 saturated carbocycles. The van der Waals surface area contributed by atoms with E-state index in [1.165, 1.54) is 6.92 Å². The monoisotopic (exact) mass is 364 g/mol. The average molecular weight is 364 g/mol. The molecule has 1 atom stereocenters. The van der Waals surface area contributed by atoms with Crippen molar-refractivity contribution >= 4 is 39.5 Å². The first-order chi connectivity index (χ1) is 13.0. The van der Waals surface area contributed by atoms with Crippen molar-refractivity contribution in [3.63, 3.8) is 0 Å². The summed E-state index contributed by atoms with van der Waals surface area (Å²) in [4.78, 5) is 44.1. The van der Waals surface area contributed by atoms with Crippen molar-refractivity contribution in [2.75, 3.05) is 5.32 Å². The lowest BCUT2D eigenvalue weighted by Gasteiger charge is -2.13. The van der Waals surface area contributed by atoms with Crippen LogP contribution in [0.2, 0.25) is 0 Å². The van der Waals surface area contributed by atoms with Crippen LogP contribution in [0.3, 0.4) is 0 Å². The fourth-order valence-corrected chi connectivity index (χ4v) is 2.82. The average Bonchev–Trinajstić information content (AvgIpc) is 3.23. The first-order valence-electron chi connectivity index (χ1n) is 8.31. The molecule has 2 aromatic heterocycles. The molecular weight excluding hydrogens is 348 g/mol. The zero-order valence-corrected chi connectivity index (χ0v) is 14.3. The van der Waals surface area contributed by atoms with Gasteiger partial charge in [-0.1, -0.05) is 18.2 Å². The smallest absolute Gasteiger partial charge is 0.355 e. The number of esters is 1. The number of amides is 1. The molecule has 4 rings (SSSR count). The molecule has 4 N–H and O–H groups in total. The van der Waals surface area contributed by atoms with Crippen molar-refractivity contribution in [3.8, 4) is 0 Å². The van der Waals surface area contributed by atoms with Crippen molar-refractivity contribution in [2.24, 2.45) is 0 Å². The Morgan fingerprint density at radius 3 is 2.56 bits per heavy atom. The molecule has 136 valence electrons. The minimum Gasteiger partial charge on any atom is -0.448 e. The molecule has 0 saturated heterocycles. The molecule has 27 heavy (non-hydrogen) atoms. The van der Waals surface area contributed by atoms with Gasteiger partial charge in [-0.25, -0.2) is 9.59 Å². The van der Waals surface area contributed by atoms with Crippen molar-refractivity contribution < 1.29 is 14.3 Å². The Kier molecular flexibility index (Phi) is 4.00. The van der Waals surface area contributed by atoms with E-state index in [0.29, 0.717) is 16.7 Å². The molecule has 0 spiro atoms. The van der Waals surface area contributed by atoms with E-state index in [1.54, 1.807) is 24.3 Å². The van der Waals surface area contributed by atoms with E-state index in [-0.39, 0.29) is 11.4 Å². The third kappa shape index (κ3) is 3.32. The third-order valence-electron chi connectivity index (χ3n) is 4.19. The van der Waals surface area contributed by atoms with Gasteiger partial charge in [0.1, 0.15) is 5.69 Å². The number of para-hydroxylation sites is 1. The highest BCUT2D eigenvalue weighted by atomic mass is 16.5. The molecule has 0 aliphatic rings. The second kappa shape index (κ2) is 6.49. The Bertz CT molecular complexity index is 1180. The molecule has 0 radical (unpaired) electrons. The van der Waals surface area contributed by atoms with Gasteiger partial charge in [-0.2, -0.15) is 0 Å². The number of benzene rings is 2. The van der Waals surface area contributed by atoms with Crippen LogP contribution in [-0.2, 0) is 9.53 Å². The Morgan fingerprint density at radius 2 is 1.74 bits per heavy atom. The summed E-state index contributed by atoms with van der Waals surface area (Å²) in [6.45, 7) is 1.49. The zero-order chi connectivity index (χ0) is 19.0. The van der Waals surface area contributed by atoms with Crippen LogP contribution in [0.1, 0.15) is 17.4 Å². The number of fused-ring (bicyclic) bond motifs is 2. The molecule has 8 nitrogen and oxygen atoms in total. The summed E-state index contributed by atoms with van der Waals surface area (Å²) in [6.07, 6.45) is -0.995. The number of aromatic amines is 3. The maximum Gasteiger partial charge on any atom is 0.355 e. The lowest BCUT2D eigenvalue weighted by Crippen LogP contribution is -2.30. The van der Waals surface area contributed by atoms with Crippen LogP contribution in [0.25, 0.3) is 21.9 Å². The van der Waals surface area contributed by atoms with Gasteiger partial charge >= 0.3 is 11.7 Å². The van der Waals surface area contributed by atoms with Gasteiger partial charge in [0.05, 0.1) is 11.0 Å². The van der Waals surface area contributed by atoms with E-state index >= 15 is 0 Å². The number of imidazole rings is 1. The number of rotatable bonds is 4. The lowest BCUT2D eigenvalue weighted by atomic mass is 10.2. The largest absolute Gasteiger partial charge is 0.448 e. The van der Waals surface area contributed by atoms with E-state index in [4.69, 9.17) is 4.74 Å². The van der Waals surface area contributed by atoms with Gasteiger partial charge in [-0.05, 0) is 37.3 Å². The summed E-state index contributed by atoms with van der Waals surface area (Å²) in [7, 11) is 0. The molecule has 0 aliphatic heterocycles. The number of hydrogen-bond donors (Lipinski definition) is 4. The van der Waals surface area contributed by atoms with E-state index in [2.05, 4.69) is 20.3 Å². The van der Waals surface area contributed by atoms with Gasteiger partial charge in [0, 0.05) is 16.6 Å². The molecule has 2 aromatic carbocycles. The van der Waals surface area contributed by atoms with Crippen LogP contribution < -0.4 is 11.0 Å². The van der Waals surface area contributed by atoms with Crippen LogP contribution in [0, 0.1) is 0 Å². The molecule has 1 amide bonds.